The summed E-state index contributed by atoms with van der Waals surface area (Å²) in [5, 5.41) is 2.33. The van der Waals surface area contributed by atoms with Gasteiger partial charge < -0.3 is 20.7 Å². The van der Waals surface area contributed by atoms with Crippen LogP contribution in [0.25, 0.3) is 0 Å². The number of ether oxygens (including phenoxy) is 1. The number of para-hydroxylation sites is 1. The molecule has 0 fully saturated rings. The van der Waals surface area contributed by atoms with Crippen LogP contribution in [0, 0.1) is 11.6 Å². The van der Waals surface area contributed by atoms with E-state index in [1.54, 1.807) is 54.6 Å². The quantitative estimate of drug-likeness (QED) is 0.278. The van der Waals surface area contributed by atoms with Gasteiger partial charge in [0.1, 0.15) is 11.6 Å². The number of amides is 2. The van der Waals surface area contributed by atoms with Crippen molar-refractivity contribution < 1.29 is 32.7 Å². The molecule has 0 aliphatic carbocycles. The van der Waals surface area contributed by atoms with Gasteiger partial charge in [0.25, 0.3) is 11.8 Å². The minimum absolute atomic E-state index is 0.276. The number of likely N-dealkylation sites (N-methyl/N-ethyl adjacent to an activating group) is 1. The fourth-order valence-electron chi connectivity index (χ4n) is 4.46. The Kier molecular flexibility index (Phi) is 8.36. The van der Waals surface area contributed by atoms with E-state index >= 15 is 0 Å². The standard InChI is InChI=1S/C29H27F2N5O5/c1-16(34-27(39)25(41-23(37)15-32)18-12-19(30)14-20(31)13-18)26(38)29(33)28(40)36(2)22-11-7-6-10-21(22)24(35-29)17-8-4-3-5-9-17/h3-14,16,25H,15,32-33H2,1-2H3,(H,34,39)/t16-,25?,29?/m0/s1. The molecule has 1 aliphatic heterocycles. The molecule has 1 heterocycles. The monoisotopic (exact) mass is 563 g/mol. The molecule has 41 heavy (non-hydrogen) atoms. The first-order valence-corrected chi connectivity index (χ1v) is 12.5. The van der Waals surface area contributed by atoms with E-state index in [-0.39, 0.29) is 11.3 Å². The number of anilines is 1. The second-order valence-electron chi connectivity index (χ2n) is 9.35. The summed E-state index contributed by atoms with van der Waals surface area (Å²) in [6.45, 7) is 0.631. The van der Waals surface area contributed by atoms with Gasteiger partial charge in [-0.1, -0.05) is 48.5 Å². The normalized spacial score (nSPS) is 18.0. The smallest absolute Gasteiger partial charge is 0.320 e. The van der Waals surface area contributed by atoms with E-state index in [1.807, 2.05) is 0 Å². The number of Topliss-reactive ketones (excluding diaryl/α,β-unsaturated/α-hetero) is 1. The van der Waals surface area contributed by atoms with E-state index in [9.17, 15) is 28.0 Å². The molecule has 0 spiro atoms. The lowest BCUT2D eigenvalue weighted by molar-refractivity contribution is -0.155. The summed E-state index contributed by atoms with van der Waals surface area (Å²) < 4.78 is 32.8. The highest BCUT2D eigenvalue weighted by Crippen LogP contribution is 2.30. The van der Waals surface area contributed by atoms with Crippen LogP contribution in [-0.4, -0.2) is 54.6 Å². The van der Waals surface area contributed by atoms with E-state index in [1.165, 1.54) is 18.9 Å². The summed E-state index contributed by atoms with van der Waals surface area (Å²) in [6.07, 6.45) is -1.86. The number of nitrogens with one attached hydrogen (secondary N) is 1. The molecular weight excluding hydrogens is 536 g/mol. The molecule has 0 aromatic heterocycles. The Labute approximate surface area is 234 Å². The largest absolute Gasteiger partial charge is 0.446 e. The van der Waals surface area contributed by atoms with Gasteiger partial charge >= 0.3 is 5.97 Å². The van der Waals surface area contributed by atoms with Crippen LogP contribution in [0.2, 0.25) is 0 Å². The highest BCUT2D eigenvalue weighted by molar-refractivity contribution is 6.26. The third kappa shape index (κ3) is 5.88. The van der Waals surface area contributed by atoms with Crippen molar-refractivity contribution in [3.05, 3.63) is 101 Å². The van der Waals surface area contributed by atoms with E-state index in [0.29, 0.717) is 22.9 Å². The number of ketones is 1. The second-order valence-corrected chi connectivity index (χ2v) is 9.35. The van der Waals surface area contributed by atoms with E-state index in [0.717, 1.165) is 12.1 Å². The maximum Gasteiger partial charge on any atom is 0.320 e. The van der Waals surface area contributed by atoms with E-state index < -0.39 is 59.6 Å². The highest BCUT2D eigenvalue weighted by Gasteiger charge is 2.49. The maximum absolute atomic E-state index is 13.9. The lowest BCUT2D eigenvalue weighted by Crippen LogP contribution is -2.63. The number of nitrogens with zero attached hydrogens (tertiary/aromatic N) is 2. The van der Waals surface area contributed by atoms with Crippen LogP contribution in [0.15, 0.2) is 77.8 Å². The van der Waals surface area contributed by atoms with Crippen LogP contribution in [0.3, 0.4) is 0 Å². The molecule has 2 amide bonds. The molecule has 10 nitrogen and oxygen atoms in total. The zero-order valence-electron chi connectivity index (χ0n) is 22.1. The number of esters is 1. The lowest BCUT2D eigenvalue weighted by Gasteiger charge is -2.29. The van der Waals surface area contributed by atoms with Crippen LogP contribution in [0.1, 0.15) is 29.7 Å². The molecule has 3 atom stereocenters. The van der Waals surface area contributed by atoms with Gasteiger partial charge in [-0.2, -0.15) is 0 Å². The molecule has 4 rings (SSSR count). The summed E-state index contributed by atoms with van der Waals surface area (Å²) in [4.78, 5) is 58.2. The molecule has 5 N–H and O–H groups in total. The molecule has 3 aromatic rings. The fraction of sp³-hybridized carbons (Fsp3) is 0.207. The first-order chi connectivity index (χ1) is 19.5. The SMILES string of the molecule is C[C@H](NC(=O)C(OC(=O)CN)c1cc(F)cc(F)c1)C(=O)C1(N)N=C(c2ccccc2)c2ccccc2N(C)C1=O. The zero-order valence-corrected chi connectivity index (χ0v) is 22.1. The third-order valence-electron chi connectivity index (χ3n) is 6.46. The molecule has 0 radical (unpaired) electrons. The average molecular weight is 564 g/mol. The van der Waals surface area contributed by atoms with Crippen LogP contribution in [0.5, 0.6) is 0 Å². The van der Waals surface area contributed by atoms with Gasteiger partial charge in [-0.15, -0.1) is 0 Å². The summed E-state index contributed by atoms with van der Waals surface area (Å²) in [7, 11) is 1.45. The molecule has 0 saturated heterocycles. The van der Waals surface area contributed by atoms with Crippen molar-refractivity contribution in [1.82, 2.24) is 5.32 Å². The molecule has 212 valence electrons. The Morgan fingerprint density at radius 1 is 1.02 bits per heavy atom. The number of carbonyl (C=O) groups excluding carboxylic acids is 4. The summed E-state index contributed by atoms with van der Waals surface area (Å²) in [5.41, 5.74) is 10.8. The number of carbonyl (C=O) groups is 4. The highest BCUT2D eigenvalue weighted by atomic mass is 19.1. The third-order valence-corrected chi connectivity index (χ3v) is 6.46. The summed E-state index contributed by atoms with van der Waals surface area (Å²) >= 11 is 0. The summed E-state index contributed by atoms with van der Waals surface area (Å²) in [6, 6.07) is 16.4. The molecule has 2 unspecified atom stereocenters. The zero-order chi connectivity index (χ0) is 29.9. The molecular formula is C29H27F2N5O5. The first kappa shape index (κ1) is 29.2. The van der Waals surface area contributed by atoms with Gasteiger partial charge in [-0.05, 0) is 25.1 Å². The number of benzene rings is 3. The Morgan fingerprint density at radius 2 is 1.63 bits per heavy atom. The lowest BCUT2D eigenvalue weighted by atomic mass is 9.97. The number of aliphatic imine (C=N–C) groups is 1. The number of rotatable bonds is 8. The van der Waals surface area contributed by atoms with E-state index in [2.05, 4.69) is 10.3 Å². The van der Waals surface area contributed by atoms with Crippen LogP contribution >= 0.6 is 0 Å². The Bertz CT molecular complexity index is 1530. The van der Waals surface area contributed by atoms with Crippen molar-refractivity contribution >= 4 is 35.0 Å². The van der Waals surface area contributed by atoms with Gasteiger partial charge in [0.05, 0.1) is 24.0 Å². The minimum Gasteiger partial charge on any atom is -0.446 e. The molecule has 0 saturated carbocycles. The fourth-order valence-corrected chi connectivity index (χ4v) is 4.46. The number of benzodiazepines with no additional fused rings is 1. The summed E-state index contributed by atoms with van der Waals surface area (Å²) in [5.74, 6) is -6.05. The predicted molar refractivity (Wildman–Crippen MR) is 146 cm³/mol. The van der Waals surface area contributed by atoms with Crippen molar-refractivity contribution in [2.24, 2.45) is 16.5 Å². The Morgan fingerprint density at radius 3 is 2.27 bits per heavy atom. The van der Waals surface area contributed by atoms with Gasteiger partial charge in [0.15, 0.2) is 0 Å². The van der Waals surface area contributed by atoms with Crippen molar-refractivity contribution in [2.75, 3.05) is 18.5 Å². The van der Waals surface area contributed by atoms with Crippen LogP contribution in [0.4, 0.5) is 14.5 Å². The van der Waals surface area contributed by atoms with Gasteiger partial charge in [0, 0.05) is 29.8 Å². The van der Waals surface area contributed by atoms with Gasteiger partial charge in [-0.3, -0.25) is 24.9 Å². The first-order valence-electron chi connectivity index (χ1n) is 12.5. The Hall–Kier alpha value is -4.81. The molecule has 0 bridgehead atoms. The minimum atomic E-state index is -2.49. The maximum atomic E-state index is 13.9. The van der Waals surface area contributed by atoms with Crippen molar-refractivity contribution in [1.29, 1.82) is 0 Å². The van der Waals surface area contributed by atoms with Gasteiger partial charge in [0.2, 0.25) is 17.6 Å². The average Bonchev–Trinajstić information content (AvgIpc) is 3.04. The van der Waals surface area contributed by atoms with Gasteiger partial charge in [-0.25, -0.2) is 13.8 Å². The number of nitrogens with two attached hydrogens (primary N) is 2. The molecule has 3 aromatic carbocycles. The van der Waals surface area contributed by atoms with Crippen molar-refractivity contribution in [2.45, 2.75) is 24.7 Å². The Balaban J connectivity index is 1.71. The number of halogens is 2. The topological polar surface area (TPSA) is 157 Å². The predicted octanol–water partition coefficient (Wildman–Crippen LogP) is 1.75. The van der Waals surface area contributed by atoms with Crippen LogP contribution in [-0.2, 0) is 23.9 Å². The van der Waals surface area contributed by atoms with Crippen molar-refractivity contribution in [3.63, 3.8) is 0 Å². The second kappa shape index (κ2) is 11.7. The molecule has 12 heteroatoms. The number of hydrogen-bond acceptors (Lipinski definition) is 8. The number of hydrogen-bond donors (Lipinski definition) is 3. The van der Waals surface area contributed by atoms with E-state index in [4.69, 9.17) is 16.2 Å². The molecule has 1 aliphatic rings. The number of fused-ring (bicyclic) bond motifs is 1. The van der Waals surface area contributed by atoms with Crippen molar-refractivity contribution in [3.8, 4) is 0 Å². The van der Waals surface area contributed by atoms with Crippen LogP contribution < -0.4 is 21.7 Å².